The van der Waals surface area contributed by atoms with E-state index in [1.165, 1.54) is 4.21 Å². The van der Waals surface area contributed by atoms with Gasteiger partial charge in [-0.1, -0.05) is 30.3 Å². The molecule has 104 valence electrons. The van der Waals surface area contributed by atoms with Crippen LogP contribution in [0.3, 0.4) is 0 Å². The summed E-state index contributed by atoms with van der Waals surface area (Å²) in [6.45, 7) is 0.504. The number of aliphatic imine (C=N–C) groups is 2. The molecule has 0 saturated heterocycles. The monoisotopic (exact) mass is 304 g/mol. The Labute approximate surface area is 126 Å². The highest BCUT2D eigenvalue weighted by Gasteiger charge is 2.03. The quantitative estimate of drug-likeness (QED) is 0.518. The van der Waals surface area contributed by atoms with Crippen LogP contribution in [0.15, 0.2) is 56.7 Å². The van der Waals surface area contributed by atoms with Crippen LogP contribution >= 0.6 is 23.1 Å². The van der Waals surface area contributed by atoms with Crippen LogP contribution in [0.5, 0.6) is 0 Å². The zero-order valence-electron chi connectivity index (χ0n) is 11.1. The van der Waals surface area contributed by atoms with E-state index in [1.807, 2.05) is 48.7 Å². The number of rotatable bonds is 4. The molecule has 0 radical (unpaired) electrons. The summed E-state index contributed by atoms with van der Waals surface area (Å²) in [5.41, 5.74) is 12.8. The minimum atomic E-state index is 0.199. The molecule has 0 amide bonds. The molecule has 4 nitrogen and oxygen atoms in total. The Morgan fingerprint density at radius 1 is 1.15 bits per heavy atom. The molecule has 1 aromatic carbocycles. The van der Waals surface area contributed by atoms with Crippen LogP contribution in [0.1, 0.15) is 10.4 Å². The molecule has 2 aromatic rings. The van der Waals surface area contributed by atoms with E-state index < -0.39 is 0 Å². The molecule has 6 heteroatoms. The lowest BCUT2D eigenvalue weighted by Crippen LogP contribution is -2.18. The van der Waals surface area contributed by atoms with Gasteiger partial charge in [-0.25, -0.2) is 4.99 Å². The highest BCUT2D eigenvalue weighted by atomic mass is 32.2. The van der Waals surface area contributed by atoms with Crippen molar-refractivity contribution in [1.29, 1.82) is 0 Å². The summed E-state index contributed by atoms with van der Waals surface area (Å²) >= 11 is 3.27. The van der Waals surface area contributed by atoms with E-state index in [2.05, 4.69) is 9.98 Å². The van der Waals surface area contributed by atoms with Gasteiger partial charge in [0, 0.05) is 0 Å². The molecule has 2 rings (SSSR count). The van der Waals surface area contributed by atoms with Crippen LogP contribution in [-0.4, -0.2) is 18.1 Å². The Bertz CT molecular complexity index is 617. The fraction of sp³-hybridized carbons (Fsp3) is 0.143. The number of hydrogen-bond donors (Lipinski definition) is 2. The predicted octanol–water partition coefficient (Wildman–Crippen LogP) is 2.69. The fourth-order valence-electron chi connectivity index (χ4n) is 1.54. The number of benzene rings is 1. The van der Waals surface area contributed by atoms with Gasteiger partial charge in [-0.15, -0.1) is 23.1 Å². The molecule has 0 aliphatic heterocycles. The molecule has 0 aliphatic carbocycles. The molecular weight excluding hydrogens is 288 g/mol. The third-order valence-electron chi connectivity index (χ3n) is 2.54. The third-order valence-corrected chi connectivity index (χ3v) is 4.73. The van der Waals surface area contributed by atoms with Crippen LogP contribution in [0.25, 0.3) is 0 Å². The number of thiophene rings is 1. The number of guanidine groups is 1. The second kappa shape index (κ2) is 7.12. The van der Waals surface area contributed by atoms with Crippen LogP contribution in [0, 0.1) is 0 Å². The van der Waals surface area contributed by atoms with Gasteiger partial charge in [0.15, 0.2) is 0 Å². The van der Waals surface area contributed by atoms with Crippen molar-refractivity contribution in [2.45, 2.75) is 10.8 Å². The number of amidine groups is 1. The second-order valence-corrected chi connectivity index (χ2v) is 6.17. The van der Waals surface area contributed by atoms with E-state index in [4.69, 9.17) is 11.5 Å². The van der Waals surface area contributed by atoms with E-state index in [9.17, 15) is 0 Å². The van der Waals surface area contributed by atoms with Crippen molar-refractivity contribution in [3.05, 3.63) is 52.9 Å². The predicted molar refractivity (Wildman–Crippen MR) is 88.6 cm³/mol. The summed E-state index contributed by atoms with van der Waals surface area (Å²) in [6, 6.07) is 13.8. The van der Waals surface area contributed by atoms with Crippen molar-refractivity contribution in [2.75, 3.05) is 6.26 Å². The van der Waals surface area contributed by atoms with Crippen LogP contribution in [-0.2, 0) is 6.54 Å². The van der Waals surface area contributed by atoms with Crippen molar-refractivity contribution >= 4 is 34.9 Å². The molecule has 0 saturated carbocycles. The maximum Gasteiger partial charge on any atom is 0.217 e. The maximum absolute atomic E-state index is 5.92. The molecule has 0 bridgehead atoms. The molecule has 0 spiro atoms. The molecule has 4 N–H and O–H groups in total. The van der Waals surface area contributed by atoms with E-state index in [-0.39, 0.29) is 5.96 Å². The number of nitrogens with zero attached hydrogens (tertiary/aromatic N) is 2. The Morgan fingerprint density at radius 2 is 1.90 bits per heavy atom. The van der Waals surface area contributed by atoms with E-state index in [0.29, 0.717) is 12.4 Å². The largest absolute Gasteiger partial charge is 0.382 e. The minimum absolute atomic E-state index is 0.199. The minimum Gasteiger partial charge on any atom is -0.382 e. The average Bonchev–Trinajstić information content (AvgIpc) is 2.95. The Morgan fingerprint density at radius 3 is 2.55 bits per heavy atom. The summed E-state index contributed by atoms with van der Waals surface area (Å²) in [7, 11) is 0. The first-order valence-electron chi connectivity index (χ1n) is 6.01. The molecule has 20 heavy (non-hydrogen) atoms. The van der Waals surface area contributed by atoms with Crippen LogP contribution in [0.4, 0.5) is 0 Å². The van der Waals surface area contributed by atoms with Gasteiger partial charge < -0.3 is 11.5 Å². The number of thioether (sulfide) groups is 1. The molecular formula is C14H16N4S2. The molecule has 0 atom stereocenters. The highest BCUT2D eigenvalue weighted by molar-refractivity contribution is 8.00. The highest BCUT2D eigenvalue weighted by Crippen LogP contribution is 2.24. The summed E-state index contributed by atoms with van der Waals surface area (Å²) in [6.07, 6.45) is 2.03. The van der Waals surface area contributed by atoms with Gasteiger partial charge in [-0.3, -0.25) is 0 Å². The molecule has 1 heterocycles. The van der Waals surface area contributed by atoms with Crippen molar-refractivity contribution in [3.63, 3.8) is 0 Å². The molecule has 1 aromatic heterocycles. The van der Waals surface area contributed by atoms with Gasteiger partial charge in [0.05, 0.1) is 15.6 Å². The first-order valence-corrected chi connectivity index (χ1v) is 8.05. The summed E-state index contributed by atoms with van der Waals surface area (Å²) < 4.78 is 1.19. The lowest BCUT2D eigenvalue weighted by Gasteiger charge is -1.98. The number of nitrogens with two attached hydrogens (primary N) is 2. The fourth-order valence-corrected chi connectivity index (χ4v) is 2.98. The summed E-state index contributed by atoms with van der Waals surface area (Å²) in [5.74, 6) is 0.607. The smallest absolute Gasteiger partial charge is 0.217 e. The zero-order chi connectivity index (χ0) is 14.4. The van der Waals surface area contributed by atoms with Gasteiger partial charge in [0.1, 0.15) is 5.84 Å². The average molecular weight is 304 g/mol. The van der Waals surface area contributed by atoms with Gasteiger partial charge >= 0.3 is 0 Å². The lowest BCUT2D eigenvalue weighted by molar-refractivity contribution is 1.05. The molecule has 0 unspecified atom stereocenters. The summed E-state index contributed by atoms with van der Waals surface area (Å²) in [5, 5.41) is 0. The van der Waals surface area contributed by atoms with Gasteiger partial charge in [-0.2, -0.15) is 4.99 Å². The van der Waals surface area contributed by atoms with Gasteiger partial charge in [0.25, 0.3) is 0 Å². The van der Waals surface area contributed by atoms with E-state index >= 15 is 0 Å². The third kappa shape index (κ3) is 4.11. The van der Waals surface area contributed by atoms with E-state index in [0.717, 1.165) is 10.4 Å². The van der Waals surface area contributed by atoms with Crippen LogP contribution < -0.4 is 11.5 Å². The SMILES string of the molecule is CSc1ccc(C(N)=NC(N)=NCc2ccccc2)s1. The Kier molecular flexibility index (Phi) is 5.20. The lowest BCUT2D eigenvalue weighted by atomic mass is 10.2. The summed E-state index contributed by atoms with van der Waals surface area (Å²) in [4.78, 5) is 9.26. The Hall–Kier alpha value is -1.79. The first-order chi connectivity index (χ1) is 9.69. The standard InChI is InChI=1S/C14H16N4S2/c1-19-12-8-7-11(20-12)13(15)18-14(16)17-9-10-5-3-2-4-6-10/h2-8H,9H2,1H3,(H4,15,16,17,18). The molecule has 0 aliphatic rings. The molecule has 0 fully saturated rings. The van der Waals surface area contributed by atoms with Gasteiger partial charge in [0.2, 0.25) is 5.96 Å². The van der Waals surface area contributed by atoms with Crippen molar-refractivity contribution in [2.24, 2.45) is 21.5 Å². The van der Waals surface area contributed by atoms with Crippen molar-refractivity contribution in [3.8, 4) is 0 Å². The zero-order valence-corrected chi connectivity index (χ0v) is 12.7. The van der Waals surface area contributed by atoms with E-state index in [1.54, 1.807) is 23.1 Å². The van der Waals surface area contributed by atoms with Crippen molar-refractivity contribution < 1.29 is 0 Å². The topological polar surface area (TPSA) is 76.8 Å². The first kappa shape index (κ1) is 14.6. The number of hydrogen-bond acceptors (Lipinski definition) is 3. The van der Waals surface area contributed by atoms with Crippen molar-refractivity contribution in [1.82, 2.24) is 0 Å². The van der Waals surface area contributed by atoms with Gasteiger partial charge in [-0.05, 0) is 24.0 Å². The second-order valence-electron chi connectivity index (χ2n) is 3.98. The van der Waals surface area contributed by atoms with Crippen LogP contribution in [0.2, 0.25) is 0 Å². The Balaban J connectivity index is 2.05. The maximum atomic E-state index is 5.92. The normalized spacial score (nSPS) is 12.7.